The minimum absolute atomic E-state index is 0.108. The van der Waals surface area contributed by atoms with E-state index in [9.17, 15) is 17.9 Å². The van der Waals surface area contributed by atoms with Gasteiger partial charge in [-0.3, -0.25) is 9.00 Å². The highest BCUT2D eigenvalue weighted by atomic mass is 32.2. The molecule has 5 rings (SSSR count). The van der Waals surface area contributed by atoms with Gasteiger partial charge in [0.25, 0.3) is 5.91 Å². The molecule has 0 radical (unpaired) electrons. The summed E-state index contributed by atoms with van der Waals surface area (Å²) in [5, 5.41) is 3.27. The van der Waals surface area contributed by atoms with Crippen molar-refractivity contribution in [2.75, 3.05) is 13.6 Å². The van der Waals surface area contributed by atoms with E-state index in [1.165, 1.54) is 10.4 Å². The molecule has 1 saturated carbocycles. The number of nitrogens with one attached hydrogen (secondary N) is 1. The van der Waals surface area contributed by atoms with Gasteiger partial charge in [0.1, 0.15) is 11.5 Å². The molecule has 0 spiro atoms. The first kappa shape index (κ1) is 27.9. The molecule has 4 aromatic rings. The quantitative estimate of drug-likeness (QED) is 0.157. The van der Waals surface area contributed by atoms with Gasteiger partial charge in [0.15, 0.2) is 11.6 Å². The summed E-state index contributed by atoms with van der Waals surface area (Å²) in [6.07, 6.45) is 4.68. The molecule has 1 aliphatic rings. The second-order valence-corrected chi connectivity index (χ2v) is 10.8. The fourth-order valence-electron chi connectivity index (χ4n) is 4.74. The van der Waals surface area contributed by atoms with Crippen LogP contribution >= 0.6 is 0 Å². The van der Waals surface area contributed by atoms with Crippen molar-refractivity contribution >= 4 is 28.3 Å². The van der Waals surface area contributed by atoms with Crippen molar-refractivity contribution in [2.45, 2.75) is 51.5 Å². The fraction of sp³-hybridized carbons (Fsp3) is 0.333. The van der Waals surface area contributed by atoms with Gasteiger partial charge in [-0.25, -0.2) is 13.7 Å². The van der Waals surface area contributed by atoms with Crippen molar-refractivity contribution in [1.82, 2.24) is 14.6 Å². The van der Waals surface area contributed by atoms with Crippen molar-refractivity contribution in [3.8, 4) is 22.8 Å². The third-order valence-corrected chi connectivity index (χ3v) is 7.73. The molecule has 1 N–H and O–H groups in total. The first-order chi connectivity index (χ1) is 19.4. The Kier molecular flexibility index (Phi) is 8.58. The topological polar surface area (TPSA) is 108 Å². The number of fused-ring (bicyclic) bond motifs is 1. The number of halogens is 1. The molecule has 2 aromatic carbocycles. The zero-order valence-electron chi connectivity index (χ0n) is 22.4. The summed E-state index contributed by atoms with van der Waals surface area (Å²) in [6, 6.07) is 14.9. The summed E-state index contributed by atoms with van der Waals surface area (Å²) in [7, 11) is 1.55. The van der Waals surface area contributed by atoms with Gasteiger partial charge >= 0.3 is 0 Å². The summed E-state index contributed by atoms with van der Waals surface area (Å²) in [5.74, 6) is 0.358. The monoisotopic (exact) mass is 564 g/mol. The van der Waals surface area contributed by atoms with Crippen molar-refractivity contribution in [3.63, 3.8) is 0 Å². The Labute approximate surface area is 235 Å². The zero-order valence-corrected chi connectivity index (χ0v) is 23.3. The second kappa shape index (κ2) is 12.3. The number of hydrogen-bond donors (Lipinski definition) is 1. The van der Waals surface area contributed by atoms with Gasteiger partial charge in [0.05, 0.1) is 23.2 Å². The van der Waals surface area contributed by atoms with E-state index in [4.69, 9.17) is 14.1 Å². The van der Waals surface area contributed by atoms with Gasteiger partial charge < -0.3 is 19.0 Å². The Balaban J connectivity index is 1.52. The maximum Gasteiger partial charge on any atom is 0.255 e. The van der Waals surface area contributed by atoms with Crippen LogP contribution in [0.5, 0.6) is 11.5 Å². The third-order valence-electron chi connectivity index (χ3n) is 7.00. The molecule has 1 amide bonds. The predicted octanol–water partition coefficient (Wildman–Crippen LogP) is 6.45. The Morgan fingerprint density at radius 1 is 1.20 bits per heavy atom. The van der Waals surface area contributed by atoms with Crippen LogP contribution in [0.25, 0.3) is 22.4 Å². The minimum Gasteiger partial charge on any atom is -0.760 e. The Morgan fingerprint density at radius 2 is 1.95 bits per heavy atom. The van der Waals surface area contributed by atoms with Crippen LogP contribution in [0.4, 0.5) is 4.39 Å². The molecule has 1 aliphatic carbocycles. The van der Waals surface area contributed by atoms with Gasteiger partial charge in [-0.15, -0.1) is 0 Å². The number of carbonyl (C=O) groups is 1. The lowest BCUT2D eigenvalue weighted by Gasteiger charge is -2.24. The van der Waals surface area contributed by atoms with Gasteiger partial charge in [-0.2, -0.15) is 0 Å². The zero-order chi connectivity index (χ0) is 28.2. The highest BCUT2D eigenvalue weighted by Crippen LogP contribution is 2.44. The molecule has 40 heavy (non-hydrogen) atoms. The number of amides is 1. The number of benzene rings is 2. The number of furan rings is 1. The Morgan fingerprint density at radius 3 is 2.60 bits per heavy atom. The minimum atomic E-state index is -2.39. The highest BCUT2D eigenvalue weighted by Gasteiger charge is 2.31. The molecular formula is C30H31FN3O5S-. The van der Waals surface area contributed by atoms with Gasteiger partial charge in [-0.1, -0.05) is 31.9 Å². The van der Waals surface area contributed by atoms with Crippen LogP contribution in [0.3, 0.4) is 0 Å². The molecular weight excluding hydrogens is 533 g/mol. The molecule has 8 nitrogen and oxygen atoms in total. The number of para-hydroxylation sites is 1. The molecule has 1 unspecified atom stereocenters. The van der Waals surface area contributed by atoms with E-state index in [1.807, 2.05) is 6.07 Å². The first-order valence-corrected chi connectivity index (χ1v) is 14.5. The van der Waals surface area contributed by atoms with Crippen LogP contribution < -0.4 is 10.1 Å². The lowest BCUT2D eigenvalue weighted by atomic mass is 10.0. The summed E-state index contributed by atoms with van der Waals surface area (Å²) in [5.41, 5.74) is 2.84. The summed E-state index contributed by atoms with van der Waals surface area (Å²) in [4.78, 5) is 17.8. The number of rotatable bonds is 12. The molecule has 2 heterocycles. The van der Waals surface area contributed by atoms with Crippen LogP contribution in [0.15, 0.2) is 59.0 Å². The van der Waals surface area contributed by atoms with Gasteiger partial charge in [-0.05, 0) is 73.2 Å². The molecule has 10 heteroatoms. The van der Waals surface area contributed by atoms with Crippen LogP contribution in [-0.4, -0.2) is 37.6 Å². The molecule has 0 bridgehead atoms. The van der Waals surface area contributed by atoms with Crippen molar-refractivity contribution < 1.29 is 27.1 Å². The van der Waals surface area contributed by atoms with Crippen molar-refractivity contribution in [1.29, 1.82) is 0 Å². The maximum atomic E-state index is 14.0. The summed E-state index contributed by atoms with van der Waals surface area (Å²) in [6.45, 7) is 2.64. The molecule has 1 atom stereocenters. The van der Waals surface area contributed by atoms with Crippen molar-refractivity contribution in [2.24, 2.45) is 0 Å². The van der Waals surface area contributed by atoms with E-state index < -0.39 is 17.1 Å². The van der Waals surface area contributed by atoms with Crippen LogP contribution in [0.2, 0.25) is 0 Å². The standard InChI is InChI=1S/C30H32FN3O5S/c1-3-4-7-16-34(40(36)37)18-25-22(19-10-11-19)17-23-27(29(35)32-2)28(39-30(23)33-25)20-12-14-21(15-13-20)38-26-9-6-5-8-24(26)31/h5-6,8-9,12-15,17,19H,3-4,7,10-11,16,18H2,1-2H3,(H,32,35)(H,36,37)/p-1. The molecule has 0 saturated heterocycles. The average Bonchev–Trinajstić information content (AvgIpc) is 3.73. The summed E-state index contributed by atoms with van der Waals surface area (Å²) >= 11 is -2.39. The van der Waals surface area contributed by atoms with Crippen LogP contribution in [0.1, 0.15) is 66.6 Å². The highest BCUT2D eigenvalue weighted by molar-refractivity contribution is 7.76. The molecule has 1 fully saturated rings. The van der Waals surface area contributed by atoms with E-state index in [0.717, 1.165) is 37.7 Å². The first-order valence-electron chi connectivity index (χ1n) is 13.4. The van der Waals surface area contributed by atoms with Crippen LogP contribution in [0, 0.1) is 5.82 Å². The SMILES string of the molecule is CCCCCN(Cc1nc2oc(-c3ccc(Oc4ccccc4F)cc3)c(C(=O)NC)c2cc1C1CC1)S(=O)[O-]. The fourth-order valence-corrected chi connectivity index (χ4v) is 5.25. The van der Waals surface area contributed by atoms with Crippen LogP contribution in [-0.2, 0) is 17.8 Å². The van der Waals surface area contributed by atoms with Crippen molar-refractivity contribution in [3.05, 3.63) is 77.2 Å². The number of ether oxygens (including phenoxy) is 1. The van der Waals surface area contributed by atoms with E-state index in [1.54, 1.807) is 49.5 Å². The normalized spacial score (nSPS) is 14.0. The van der Waals surface area contributed by atoms with E-state index in [0.29, 0.717) is 40.3 Å². The number of pyridine rings is 1. The molecule has 2 aromatic heterocycles. The smallest absolute Gasteiger partial charge is 0.255 e. The predicted molar refractivity (Wildman–Crippen MR) is 150 cm³/mol. The van der Waals surface area contributed by atoms with Gasteiger partial charge in [0.2, 0.25) is 5.71 Å². The number of aromatic nitrogens is 1. The number of nitrogens with zero attached hydrogens (tertiary/aromatic N) is 2. The number of carbonyl (C=O) groups excluding carboxylic acids is 1. The van der Waals surface area contributed by atoms with Gasteiger partial charge in [0, 0.05) is 30.4 Å². The Bertz CT molecular complexity index is 1530. The van der Waals surface area contributed by atoms with E-state index >= 15 is 0 Å². The second-order valence-electron chi connectivity index (χ2n) is 9.88. The molecule has 0 aliphatic heterocycles. The number of unbranched alkanes of at least 4 members (excludes halogenated alkanes) is 2. The lowest BCUT2D eigenvalue weighted by Crippen LogP contribution is -2.27. The maximum absolute atomic E-state index is 14.0. The summed E-state index contributed by atoms with van der Waals surface area (Å²) < 4.78 is 51.2. The van der Waals surface area contributed by atoms with E-state index in [-0.39, 0.29) is 29.8 Å². The lowest BCUT2D eigenvalue weighted by molar-refractivity contribution is 0.0964. The van der Waals surface area contributed by atoms with E-state index in [2.05, 4.69) is 12.2 Å². The third kappa shape index (κ3) is 6.09. The average molecular weight is 565 g/mol. The Hall–Kier alpha value is -3.60. The number of hydrogen-bond acceptors (Lipinski definition) is 6. The molecule has 210 valence electrons. The largest absolute Gasteiger partial charge is 0.760 e.